The van der Waals surface area contributed by atoms with Crippen molar-refractivity contribution >= 4 is 15.9 Å². The van der Waals surface area contributed by atoms with E-state index in [1.165, 1.54) is 37.9 Å². The van der Waals surface area contributed by atoms with E-state index in [9.17, 15) is 0 Å². The molecule has 0 unspecified atom stereocenters. The van der Waals surface area contributed by atoms with Gasteiger partial charge in [0.25, 0.3) is 0 Å². The quantitative estimate of drug-likeness (QED) is 0.460. The molecule has 2 heteroatoms. The van der Waals surface area contributed by atoms with Crippen molar-refractivity contribution < 1.29 is 4.74 Å². The normalized spacial score (nSPS) is 18.8. The Kier molecular flexibility index (Phi) is 6.39. The van der Waals surface area contributed by atoms with Crippen LogP contribution < -0.4 is 0 Å². The molecule has 1 nitrogen and oxygen atoms in total. The summed E-state index contributed by atoms with van der Waals surface area (Å²) in [5, 5.41) is 0. The minimum Gasteiger partial charge on any atom is -0.376 e. The fourth-order valence-corrected chi connectivity index (χ4v) is 4.96. The Balaban J connectivity index is 1.97. The second-order valence-electron chi connectivity index (χ2n) is 7.54. The van der Waals surface area contributed by atoms with E-state index < -0.39 is 0 Å². The van der Waals surface area contributed by atoms with Crippen LogP contribution in [0.2, 0.25) is 0 Å². The predicted octanol–water partition coefficient (Wildman–Crippen LogP) is 6.84. The van der Waals surface area contributed by atoms with Gasteiger partial charge in [-0.15, -0.1) is 0 Å². The van der Waals surface area contributed by atoms with Crippen molar-refractivity contribution in [3.05, 3.63) is 93.0 Å². The molecule has 0 N–H and O–H groups in total. The molecule has 0 aliphatic heterocycles. The summed E-state index contributed by atoms with van der Waals surface area (Å²) in [4.78, 5) is 0. The molecule has 2 aromatic carbocycles. The van der Waals surface area contributed by atoms with Crippen LogP contribution >= 0.6 is 15.9 Å². The second-order valence-corrected chi connectivity index (χ2v) is 8.40. The first-order valence-electron chi connectivity index (χ1n) is 9.67. The monoisotopic (exact) mass is 424 g/mol. The van der Waals surface area contributed by atoms with Gasteiger partial charge in [-0.2, -0.15) is 0 Å². The van der Waals surface area contributed by atoms with Gasteiger partial charge in [-0.1, -0.05) is 59.4 Å². The van der Waals surface area contributed by atoms with Gasteiger partial charge in [0.2, 0.25) is 0 Å². The highest BCUT2D eigenvalue weighted by molar-refractivity contribution is 9.10. The third-order valence-corrected chi connectivity index (χ3v) is 6.82. The van der Waals surface area contributed by atoms with Gasteiger partial charge in [0.05, 0.1) is 6.10 Å². The molecule has 0 saturated carbocycles. The van der Waals surface area contributed by atoms with E-state index in [4.69, 9.17) is 4.74 Å². The fourth-order valence-electron chi connectivity index (χ4n) is 4.48. The number of rotatable bonds is 6. The molecule has 2 atom stereocenters. The molecular formula is C25H29BrO. The second kappa shape index (κ2) is 8.58. The molecule has 3 rings (SSSR count). The zero-order valence-corrected chi connectivity index (χ0v) is 18.2. The number of aryl methyl sites for hydroxylation is 3. The minimum atomic E-state index is 0.0707. The van der Waals surface area contributed by atoms with Gasteiger partial charge in [-0.25, -0.2) is 0 Å². The first-order valence-corrected chi connectivity index (χ1v) is 10.5. The summed E-state index contributed by atoms with van der Waals surface area (Å²) in [5.74, 6) is 0.316. The van der Waals surface area contributed by atoms with Crippen molar-refractivity contribution in [3.8, 4) is 0 Å². The Morgan fingerprint density at radius 2 is 1.93 bits per heavy atom. The van der Waals surface area contributed by atoms with Gasteiger partial charge in [0.1, 0.15) is 0 Å². The van der Waals surface area contributed by atoms with Crippen molar-refractivity contribution in [3.63, 3.8) is 0 Å². The van der Waals surface area contributed by atoms with Crippen molar-refractivity contribution in [2.24, 2.45) is 5.92 Å². The molecule has 0 saturated heterocycles. The molecule has 27 heavy (non-hydrogen) atoms. The maximum Gasteiger partial charge on any atom is 0.0894 e. The van der Waals surface area contributed by atoms with E-state index in [2.05, 4.69) is 73.3 Å². The Morgan fingerprint density at radius 1 is 1.22 bits per heavy atom. The fraction of sp³-hybridized carbons (Fsp3) is 0.360. The summed E-state index contributed by atoms with van der Waals surface area (Å²) >= 11 is 3.68. The summed E-state index contributed by atoms with van der Waals surface area (Å²) in [7, 11) is 1.83. The number of hydrogen-bond donors (Lipinski definition) is 0. The first-order chi connectivity index (χ1) is 13.0. The van der Waals surface area contributed by atoms with Gasteiger partial charge in [-0.05, 0) is 84.6 Å². The number of benzene rings is 2. The van der Waals surface area contributed by atoms with Crippen molar-refractivity contribution in [1.82, 2.24) is 0 Å². The number of methoxy groups -OCH3 is 1. The summed E-state index contributed by atoms with van der Waals surface area (Å²) < 4.78 is 7.20. The molecule has 0 fully saturated rings. The Bertz CT molecular complexity index is 865. The molecule has 1 aliphatic rings. The third-order valence-electron chi connectivity index (χ3n) is 6.05. The lowest BCUT2D eigenvalue weighted by Gasteiger charge is -2.36. The van der Waals surface area contributed by atoms with Crippen LogP contribution in [0.5, 0.6) is 0 Å². The van der Waals surface area contributed by atoms with Crippen LogP contribution in [0.4, 0.5) is 0 Å². The molecule has 0 spiro atoms. The highest BCUT2D eigenvalue weighted by atomic mass is 79.9. The van der Waals surface area contributed by atoms with E-state index in [0.717, 1.165) is 31.3 Å². The summed E-state index contributed by atoms with van der Waals surface area (Å²) in [6, 6.07) is 10.9. The Hall–Kier alpha value is -1.64. The molecular weight excluding hydrogens is 396 g/mol. The Morgan fingerprint density at radius 3 is 2.59 bits per heavy atom. The predicted molar refractivity (Wildman–Crippen MR) is 118 cm³/mol. The van der Waals surface area contributed by atoms with Crippen LogP contribution in [0.15, 0.2) is 59.6 Å². The smallest absolute Gasteiger partial charge is 0.0894 e. The van der Waals surface area contributed by atoms with Gasteiger partial charge >= 0.3 is 0 Å². The molecule has 0 bridgehead atoms. The maximum absolute atomic E-state index is 6.01. The average molecular weight is 425 g/mol. The third kappa shape index (κ3) is 3.97. The van der Waals surface area contributed by atoms with Crippen molar-refractivity contribution in [1.29, 1.82) is 0 Å². The molecule has 142 valence electrons. The standard InChI is InChI=1S/C25H29BrO/c1-6-16(2)22-14-13-21-17(3)15-20(18(4)24(21)25(22)27-5)12-11-19-9-7-8-10-23(19)26/h6-10,15,22,25H,1-2,11-14H2,3-5H3/t22-,25+/m0/s1. The van der Waals surface area contributed by atoms with Gasteiger partial charge in [0, 0.05) is 17.5 Å². The van der Waals surface area contributed by atoms with Gasteiger partial charge in [0.15, 0.2) is 0 Å². The highest BCUT2D eigenvalue weighted by Gasteiger charge is 2.33. The number of hydrogen-bond acceptors (Lipinski definition) is 1. The molecule has 0 aromatic heterocycles. The first kappa shape index (κ1) is 20.1. The molecule has 0 radical (unpaired) electrons. The van der Waals surface area contributed by atoms with Crippen LogP contribution in [0, 0.1) is 19.8 Å². The van der Waals surface area contributed by atoms with E-state index >= 15 is 0 Å². The van der Waals surface area contributed by atoms with Crippen LogP contribution in [0.1, 0.15) is 45.9 Å². The van der Waals surface area contributed by atoms with E-state index in [1.807, 2.05) is 13.2 Å². The summed E-state index contributed by atoms with van der Waals surface area (Å²) in [6.07, 6.45) is 6.19. The highest BCUT2D eigenvalue weighted by Crippen LogP contribution is 2.44. The number of ether oxygens (including phenoxy) is 1. The largest absolute Gasteiger partial charge is 0.376 e. The minimum absolute atomic E-state index is 0.0707. The zero-order chi connectivity index (χ0) is 19.6. The summed E-state index contributed by atoms with van der Waals surface area (Å²) in [5.41, 5.74) is 9.50. The van der Waals surface area contributed by atoms with Crippen molar-refractivity contribution in [2.45, 2.75) is 45.6 Å². The summed E-state index contributed by atoms with van der Waals surface area (Å²) in [6.45, 7) is 12.7. The van der Waals surface area contributed by atoms with Crippen LogP contribution in [0.25, 0.3) is 0 Å². The molecule has 0 amide bonds. The van der Waals surface area contributed by atoms with E-state index in [0.29, 0.717) is 5.92 Å². The number of allylic oxidation sites excluding steroid dienone is 1. The van der Waals surface area contributed by atoms with Gasteiger partial charge in [-0.3, -0.25) is 0 Å². The van der Waals surface area contributed by atoms with E-state index in [1.54, 1.807) is 0 Å². The lowest BCUT2D eigenvalue weighted by atomic mass is 9.73. The zero-order valence-electron chi connectivity index (χ0n) is 16.6. The molecule has 0 heterocycles. The number of fused-ring (bicyclic) bond motifs is 1. The molecule has 2 aromatic rings. The topological polar surface area (TPSA) is 9.23 Å². The van der Waals surface area contributed by atoms with Crippen LogP contribution in [-0.4, -0.2) is 7.11 Å². The maximum atomic E-state index is 6.01. The van der Waals surface area contributed by atoms with Crippen LogP contribution in [-0.2, 0) is 24.0 Å². The lowest BCUT2D eigenvalue weighted by molar-refractivity contribution is 0.0551. The van der Waals surface area contributed by atoms with E-state index in [-0.39, 0.29) is 6.10 Å². The van der Waals surface area contributed by atoms with Crippen LogP contribution in [0.3, 0.4) is 0 Å². The molecule has 1 aliphatic carbocycles. The Labute approximate surface area is 172 Å². The SMILES string of the molecule is C=CC(=C)[C@@H]1CCc2c(C)cc(CCc3ccccc3Br)c(C)c2[C@@H]1OC. The van der Waals surface area contributed by atoms with Crippen molar-refractivity contribution in [2.75, 3.05) is 7.11 Å². The average Bonchev–Trinajstić information content (AvgIpc) is 2.68. The van der Waals surface area contributed by atoms with Gasteiger partial charge < -0.3 is 4.74 Å². The lowest BCUT2D eigenvalue weighted by Crippen LogP contribution is -2.25. The number of halogens is 1.